The van der Waals surface area contributed by atoms with Crippen molar-refractivity contribution in [2.75, 3.05) is 11.9 Å². The number of ether oxygens (including phenoxy) is 1. The third kappa shape index (κ3) is 4.42. The van der Waals surface area contributed by atoms with E-state index in [2.05, 4.69) is 15.3 Å². The molecule has 8 heteroatoms. The molecule has 0 aliphatic carbocycles. The number of carbonyl (C=O) groups excluding carboxylic acids is 1. The number of hydrogen-bond acceptors (Lipinski definition) is 7. The number of carbonyl (C=O) groups is 1. The van der Waals surface area contributed by atoms with Gasteiger partial charge in [0.1, 0.15) is 17.4 Å². The fourth-order valence-electron chi connectivity index (χ4n) is 2.89. The van der Waals surface area contributed by atoms with Crippen LogP contribution < -0.4 is 10.1 Å². The van der Waals surface area contributed by atoms with E-state index in [1.54, 1.807) is 42.7 Å². The number of aromatic nitrogens is 2. The number of nitrogens with zero attached hydrogens (tertiary/aromatic N) is 3. The molecule has 0 spiro atoms. The molecule has 4 rings (SSSR count). The normalized spacial score (nSPS) is 10.5. The lowest BCUT2D eigenvalue weighted by Gasteiger charge is -2.07. The lowest BCUT2D eigenvalue weighted by atomic mass is 10.1. The van der Waals surface area contributed by atoms with E-state index in [1.165, 1.54) is 11.8 Å². The number of amides is 1. The molecule has 0 radical (unpaired) electrons. The van der Waals surface area contributed by atoms with Crippen molar-refractivity contribution in [1.82, 2.24) is 9.97 Å². The number of hydrogen-bond donors (Lipinski definition) is 1. The van der Waals surface area contributed by atoms with Crippen LogP contribution >= 0.6 is 11.8 Å². The van der Waals surface area contributed by atoms with Gasteiger partial charge in [-0.2, -0.15) is 5.26 Å². The molecule has 0 aliphatic rings. The molecule has 1 N–H and O–H groups in total. The highest BCUT2D eigenvalue weighted by molar-refractivity contribution is 7.98. The van der Waals surface area contributed by atoms with Crippen LogP contribution in [0, 0.1) is 11.3 Å². The average molecular weight is 416 g/mol. The molecule has 2 aromatic carbocycles. The number of anilines is 1. The molecule has 0 atom stereocenters. The van der Waals surface area contributed by atoms with Crippen molar-refractivity contribution in [3.8, 4) is 11.8 Å². The molecule has 0 aliphatic heterocycles. The lowest BCUT2D eigenvalue weighted by molar-refractivity contribution is 0.0998. The van der Waals surface area contributed by atoms with Gasteiger partial charge in [-0.25, -0.2) is 9.97 Å². The number of benzene rings is 2. The largest absolute Gasteiger partial charge is 0.479 e. The quantitative estimate of drug-likeness (QED) is 0.345. The number of furan rings is 1. The number of nitriles is 1. The molecular formula is C22H16N4O3S. The first-order valence-electron chi connectivity index (χ1n) is 9.06. The van der Waals surface area contributed by atoms with Gasteiger partial charge in [0.2, 0.25) is 0 Å². The van der Waals surface area contributed by atoms with Crippen LogP contribution in [0.5, 0.6) is 5.75 Å². The van der Waals surface area contributed by atoms with Crippen molar-refractivity contribution in [3.05, 3.63) is 78.3 Å². The van der Waals surface area contributed by atoms with Crippen molar-refractivity contribution in [2.24, 2.45) is 0 Å². The van der Waals surface area contributed by atoms with Gasteiger partial charge in [-0.1, -0.05) is 36.0 Å². The molecule has 0 saturated carbocycles. The van der Waals surface area contributed by atoms with Gasteiger partial charge in [0.15, 0.2) is 17.5 Å². The van der Waals surface area contributed by atoms with Crippen molar-refractivity contribution in [3.63, 3.8) is 0 Å². The number of fused-ring (bicyclic) bond motifs is 1. The van der Waals surface area contributed by atoms with Crippen LogP contribution in [0.15, 0.2) is 76.6 Å². The number of para-hydroxylation sites is 1. The average Bonchev–Trinajstić information content (AvgIpc) is 3.16. The fraction of sp³-hybridized carbons (Fsp3) is 0.0909. The predicted molar refractivity (Wildman–Crippen MR) is 113 cm³/mol. The van der Waals surface area contributed by atoms with Gasteiger partial charge < -0.3 is 14.5 Å². The minimum Gasteiger partial charge on any atom is -0.479 e. The van der Waals surface area contributed by atoms with Gasteiger partial charge in [0.25, 0.3) is 5.91 Å². The summed E-state index contributed by atoms with van der Waals surface area (Å²) in [4.78, 5) is 21.4. The zero-order valence-corrected chi connectivity index (χ0v) is 16.6. The Hall–Kier alpha value is -3.83. The SMILES string of the molecule is N#CCOc1cccc(NC(=O)c2oc3ccccc3c2CSc2ncccn2)c1. The summed E-state index contributed by atoms with van der Waals surface area (Å²) in [5, 5.41) is 13.0. The Morgan fingerprint density at radius 3 is 2.80 bits per heavy atom. The van der Waals surface area contributed by atoms with Crippen LogP contribution in [0.4, 0.5) is 5.69 Å². The molecule has 148 valence electrons. The molecule has 2 heterocycles. The van der Waals surface area contributed by atoms with Gasteiger partial charge in [0.05, 0.1) is 0 Å². The molecule has 1 amide bonds. The molecule has 2 aromatic heterocycles. The highest BCUT2D eigenvalue weighted by atomic mass is 32.2. The highest BCUT2D eigenvalue weighted by Gasteiger charge is 2.21. The molecule has 7 nitrogen and oxygen atoms in total. The number of rotatable bonds is 7. The summed E-state index contributed by atoms with van der Waals surface area (Å²) in [5.74, 6) is 0.849. The van der Waals surface area contributed by atoms with Gasteiger partial charge in [0, 0.05) is 40.8 Å². The van der Waals surface area contributed by atoms with Crippen LogP contribution in [0.1, 0.15) is 16.1 Å². The van der Waals surface area contributed by atoms with E-state index in [0.29, 0.717) is 27.9 Å². The summed E-state index contributed by atoms with van der Waals surface area (Å²) < 4.78 is 11.2. The molecular weight excluding hydrogens is 400 g/mol. The Kier molecular flexibility index (Phi) is 5.92. The summed E-state index contributed by atoms with van der Waals surface area (Å²) in [6, 6.07) is 18.0. The van der Waals surface area contributed by atoms with Crippen LogP contribution in [0.25, 0.3) is 11.0 Å². The summed E-state index contributed by atoms with van der Waals surface area (Å²) in [6.45, 7) is -0.0656. The Bertz CT molecular complexity index is 1220. The minimum atomic E-state index is -0.367. The summed E-state index contributed by atoms with van der Waals surface area (Å²) >= 11 is 1.43. The van der Waals surface area contributed by atoms with Crippen LogP contribution in [-0.2, 0) is 5.75 Å². The lowest BCUT2D eigenvalue weighted by Crippen LogP contribution is -2.13. The monoisotopic (exact) mass is 416 g/mol. The first kappa shape index (κ1) is 19.5. The third-order valence-corrected chi connectivity index (χ3v) is 5.09. The van der Waals surface area contributed by atoms with E-state index in [4.69, 9.17) is 14.4 Å². The van der Waals surface area contributed by atoms with E-state index in [-0.39, 0.29) is 18.3 Å². The second-order valence-corrected chi connectivity index (χ2v) is 7.10. The highest BCUT2D eigenvalue weighted by Crippen LogP contribution is 2.31. The minimum absolute atomic E-state index is 0.0656. The van der Waals surface area contributed by atoms with E-state index in [0.717, 1.165) is 10.9 Å². The molecule has 0 unspecified atom stereocenters. The standard InChI is InChI=1S/C22H16N4O3S/c23-9-12-28-16-6-3-5-15(13-16)26-21(27)20-18(14-30-22-24-10-4-11-25-22)17-7-1-2-8-19(17)29-20/h1-8,10-11,13H,12,14H2,(H,26,27). The van der Waals surface area contributed by atoms with Crippen molar-refractivity contribution in [2.45, 2.75) is 10.9 Å². The van der Waals surface area contributed by atoms with Crippen LogP contribution in [0.3, 0.4) is 0 Å². The van der Waals surface area contributed by atoms with Crippen molar-refractivity contribution in [1.29, 1.82) is 5.26 Å². The summed E-state index contributed by atoms with van der Waals surface area (Å²) in [5.41, 5.74) is 1.96. The first-order valence-corrected chi connectivity index (χ1v) is 10.0. The third-order valence-electron chi connectivity index (χ3n) is 4.19. The number of nitrogens with one attached hydrogen (secondary N) is 1. The second-order valence-electron chi connectivity index (χ2n) is 6.15. The van der Waals surface area contributed by atoms with Crippen molar-refractivity contribution < 1.29 is 13.9 Å². The Morgan fingerprint density at radius 2 is 1.97 bits per heavy atom. The summed E-state index contributed by atoms with van der Waals surface area (Å²) in [6.07, 6.45) is 3.36. The Morgan fingerprint density at radius 1 is 1.13 bits per heavy atom. The molecule has 0 bridgehead atoms. The predicted octanol–water partition coefficient (Wildman–Crippen LogP) is 4.67. The van der Waals surface area contributed by atoms with Crippen LogP contribution in [-0.4, -0.2) is 22.5 Å². The summed E-state index contributed by atoms with van der Waals surface area (Å²) in [7, 11) is 0. The maximum atomic E-state index is 13.0. The number of thioether (sulfide) groups is 1. The van der Waals surface area contributed by atoms with Gasteiger partial charge in [-0.05, 0) is 24.3 Å². The molecule has 4 aromatic rings. The van der Waals surface area contributed by atoms with E-state index < -0.39 is 0 Å². The molecule has 30 heavy (non-hydrogen) atoms. The van der Waals surface area contributed by atoms with Crippen molar-refractivity contribution >= 4 is 34.3 Å². The van der Waals surface area contributed by atoms with E-state index in [9.17, 15) is 4.79 Å². The van der Waals surface area contributed by atoms with E-state index in [1.807, 2.05) is 30.3 Å². The zero-order valence-electron chi connectivity index (χ0n) is 15.7. The maximum absolute atomic E-state index is 13.0. The Labute approximate surface area is 176 Å². The maximum Gasteiger partial charge on any atom is 0.291 e. The van der Waals surface area contributed by atoms with Gasteiger partial charge >= 0.3 is 0 Å². The van der Waals surface area contributed by atoms with E-state index >= 15 is 0 Å². The molecule has 0 fully saturated rings. The van der Waals surface area contributed by atoms with Gasteiger partial charge in [-0.3, -0.25) is 4.79 Å². The van der Waals surface area contributed by atoms with Crippen LogP contribution in [0.2, 0.25) is 0 Å². The smallest absolute Gasteiger partial charge is 0.291 e. The topological polar surface area (TPSA) is 101 Å². The first-order chi connectivity index (χ1) is 14.7. The Balaban J connectivity index is 1.60. The zero-order chi connectivity index (χ0) is 20.8. The molecule has 0 saturated heterocycles. The van der Waals surface area contributed by atoms with Gasteiger partial charge in [-0.15, -0.1) is 0 Å². The fourth-order valence-corrected chi connectivity index (χ4v) is 3.72. The second kappa shape index (κ2) is 9.11.